The molecule has 1 nitrogen and oxygen atoms in total. The number of hydrogen-bond acceptors (Lipinski definition) is 1. The first kappa shape index (κ1) is 72.9. The normalized spacial score (nSPS) is 17.1. The van der Waals surface area contributed by atoms with Crippen LogP contribution >= 0.6 is 0 Å². The van der Waals surface area contributed by atoms with Gasteiger partial charge in [0, 0.05) is 68.9 Å². The Hall–Kier alpha value is -1.21. The predicted octanol–water partition coefficient (Wildman–Crippen LogP) is 14.5. The molecule has 0 aliphatic heterocycles. The van der Waals surface area contributed by atoms with E-state index in [1.165, 1.54) is 0 Å². The molecule has 0 aromatic rings. The topological polar surface area (TPSA) is 9.23 Å². The Morgan fingerprint density at radius 1 is 0.153 bits per heavy atom. The minimum atomic E-state index is -10.1. The Kier molecular flexibility index (Phi) is 18.7. The van der Waals surface area contributed by atoms with Crippen molar-refractivity contribution in [3.63, 3.8) is 0 Å². The van der Waals surface area contributed by atoms with Gasteiger partial charge in [-0.05, 0) is 0 Å². The summed E-state index contributed by atoms with van der Waals surface area (Å²) >= 11 is 0. The van der Waals surface area contributed by atoms with E-state index in [2.05, 4.69) is 0 Å². The average molecular weight is 1320 g/mol. The third-order valence-corrected chi connectivity index (χ3v) is 8.51. The average Bonchev–Trinajstić information content (AvgIpc) is 3.12. The van der Waals surface area contributed by atoms with Crippen molar-refractivity contribution in [1.82, 2.24) is 0 Å². The molecule has 0 fully saturated rings. The van der Waals surface area contributed by atoms with Crippen LogP contribution in [0, 0.1) is 0 Å². The molecule has 0 atom stereocenters. The smallest absolute Gasteiger partial charge is 0.368 e. The van der Waals surface area contributed by atoms with E-state index in [1.807, 2.05) is 4.74 Å². The third-order valence-electron chi connectivity index (χ3n) is 8.51. The number of rotatable bonds is 22. The Morgan fingerprint density at radius 3 is 0.361 bits per heavy atom. The van der Waals surface area contributed by atoms with Crippen molar-refractivity contribution in [1.29, 1.82) is 0 Å². The Balaban J connectivity index is 0. The Morgan fingerprint density at radius 2 is 0.250 bits per heavy atom. The molecule has 0 aromatic carbocycles. The van der Waals surface area contributed by atoms with Crippen LogP contribution in [0.5, 0.6) is 0 Å². The van der Waals surface area contributed by atoms with Gasteiger partial charge in [0.1, 0.15) is 13.2 Å². The number of alkyl halides is 46. The first-order valence-corrected chi connectivity index (χ1v) is 15.0. The molecular weight excluding hydrogens is 1310 g/mol. The standard InChI is InChI=1S/C24H4F46O.Cs/c25-3(26,5(29,30)7(33,34)9(37,38)11(41,42)13(45,46)15(49,50)17(53,54)19(57,58)21(61,62)23(65,66)67)1-71-2-4(27,28)6(31,32)8(35,36)10(39,40)12(43,44)14(47,48)16(51,52)18(55,56)20(59,60)22(63,64)24(68,69)70;/h1-2H2;. The maximum absolute atomic E-state index is 13.9. The van der Waals surface area contributed by atoms with Gasteiger partial charge in [0.25, 0.3) is 0 Å². The van der Waals surface area contributed by atoms with Crippen molar-refractivity contribution in [3.8, 4) is 0 Å². The van der Waals surface area contributed by atoms with Crippen molar-refractivity contribution in [2.75, 3.05) is 13.2 Å². The van der Waals surface area contributed by atoms with Gasteiger partial charge in [0.2, 0.25) is 0 Å². The van der Waals surface area contributed by atoms with Crippen LogP contribution in [0.2, 0.25) is 0 Å². The monoisotopic (exact) mass is 1310 g/mol. The van der Waals surface area contributed by atoms with Crippen molar-refractivity contribution in [3.05, 3.63) is 0 Å². The SMILES string of the molecule is FC(F)(F)C(F)(F)C(F)(F)C(F)(F)C(F)(F)C(F)(F)C(F)(F)C(F)(F)C(F)(F)C(F)(F)C(F)(F)COCC(F)(F)C(F)(F)C(F)(F)C(F)(F)C(F)(F)C(F)(F)C(F)(F)C(F)(F)C(F)(F)C(F)(F)C(F)(F)F.[Cs]. The van der Waals surface area contributed by atoms with E-state index in [1.54, 1.807) is 0 Å². The molecule has 0 bridgehead atoms. The molecule has 72 heavy (non-hydrogen) atoms. The van der Waals surface area contributed by atoms with Crippen LogP contribution in [0.1, 0.15) is 0 Å². The van der Waals surface area contributed by atoms with Crippen LogP contribution in [0.3, 0.4) is 0 Å². The van der Waals surface area contributed by atoms with Gasteiger partial charge in [0.05, 0.1) is 0 Å². The zero-order valence-corrected chi connectivity index (χ0v) is 37.5. The summed E-state index contributed by atoms with van der Waals surface area (Å²) in [6, 6.07) is 0. The van der Waals surface area contributed by atoms with Gasteiger partial charge in [-0.25, -0.2) is 0 Å². The van der Waals surface area contributed by atoms with Gasteiger partial charge in [0.15, 0.2) is 0 Å². The molecule has 0 aliphatic rings. The fourth-order valence-corrected chi connectivity index (χ4v) is 4.06. The summed E-state index contributed by atoms with van der Waals surface area (Å²) in [5, 5.41) is 0. The van der Waals surface area contributed by atoms with Crippen LogP contribution < -0.4 is 0 Å². The Labute approximate surface area is 417 Å². The van der Waals surface area contributed by atoms with Gasteiger partial charge < -0.3 is 4.74 Å². The molecule has 0 aliphatic carbocycles. The van der Waals surface area contributed by atoms with Crippen molar-refractivity contribution < 1.29 is 207 Å². The third kappa shape index (κ3) is 9.06. The minimum Gasteiger partial charge on any atom is -0.368 e. The maximum atomic E-state index is 13.9. The summed E-state index contributed by atoms with van der Waals surface area (Å²) in [6.45, 7) is -10.2. The van der Waals surface area contributed by atoms with Crippen LogP contribution in [-0.4, -0.2) is 213 Å². The van der Waals surface area contributed by atoms with Crippen LogP contribution in [-0.2, 0) is 4.74 Å². The zero-order chi connectivity index (χ0) is 59.1. The first-order valence-electron chi connectivity index (χ1n) is 15.0. The molecule has 0 N–H and O–H groups in total. The van der Waals surface area contributed by atoms with E-state index in [0.717, 1.165) is 0 Å². The first-order chi connectivity index (χ1) is 29.7. The van der Waals surface area contributed by atoms with Gasteiger partial charge in [-0.1, -0.05) is 0 Å². The molecule has 0 heterocycles. The van der Waals surface area contributed by atoms with Crippen LogP contribution in [0.15, 0.2) is 0 Å². The number of ether oxygens (including phenoxy) is 1. The van der Waals surface area contributed by atoms with Crippen molar-refractivity contribution in [2.45, 2.75) is 131 Å². The number of hydrogen-bond donors (Lipinski definition) is 0. The molecular formula is C24H4CsF46O. The van der Waals surface area contributed by atoms with Gasteiger partial charge in [-0.3, -0.25) is 0 Å². The second-order valence-electron chi connectivity index (χ2n) is 13.2. The second-order valence-corrected chi connectivity index (χ2v) is 13.2. The van der Waals surface area contributed by atoms with Crippen LogP contribution in [0.25, 0.3) is 0 Å². The molecule has 1 radical (unpaired) electrons. The Bertz CT molecular complexity index is 1760. The van der Waals surface area contributed by atoms with Gasteiger partial charge in [-0.15, -0.1) is 0 Å². The van der Waals surface area contributed by atoms with Crippen LogP contribution in [0.4, 0.5) is 202 Å². The van der Waals surface area contributed by atoms with E-state index in [-0.39, 0.29) is 68.9 Å². The van der Waals surface area contributed by atoms with Crippen molar-refractivity contribution in [2.24, 2.45) is 0 Å². The summed E-state index contributed by atoms with van der Waals surface area (Å²) in [4.78, 5) is 0. The van der Waals surface area contributed by atoms with E-state index in [4.69, 9.17) is 0 Å². The molecule has 0 rings (SSSR count). The molecule has 48 heteroatoms. The summed E-state index contributed by atoms with van der Waals surface area (Å²) in [6.07, 6.45) is -16.9. The summed E-state index contributed by atoms with van der Waals surface area (Å²) in [5.74, 6) is -191. The molecule has 0 unspecified atom stereocenters. The van der Waals surface area contributed by atoms with E-state index in [0.29, 0.717) is 0 Å². The quantitative estimate of drug-likeness (QED) is 0.0982. The summed E-state index contributed by atoms with van der Waals surface area (Å²) in [5.41, 5.74) is 0. The predicted molar refractivity (Wildman–Crippen MR) is 128 cm³/mol. The second kappa shape index (κ2) is 18.5. The fourth-order valence-electron chi connectivity index (χ4n) is 4.06. The van der Waals surface area contributed by atoms with E-state index >= 15 is 0 Å². The summed E-state index contributed by atoms with van der Waals surface area (Å²) in [7, 11) is 0. The van der Waals surface area contributed by atoms with E-state index in [9.17, 15) is 202 Å². The van der Waals surface area contributed by atoms with Gasteiger partial charge >= 0.3 is 131 Å². The maximum Gasteiger partial charge on any atom is 0.460 e. The molecule has 0 spiro atoms. The molecule has 0 saturated heterocycles. The van der Waals surface area contributed by atoms with Crippen molar-refractivity contribution >= 4 is 68.9 Å². The largest absolute Gasteiger partial charge is 0.460 e. The molecule has 429 valence electrons. The minimum absolute atomic E-state index is 0. The summed E-state index contributed by atoms with van der Waals surface area (Å²) < 4.78 is 620. The zero-order valence-electron chi connectivity index (χ0n) is 31.2. The van der Waals surface area contributed by atoms with E-state index < -0.39 is 144 Å². The molecule has 0 aromatic heterocycles. The fraction of sp³-hybridized carbons (Fsp3) is 1.00. The number of halogens is 46. The molecule has 0 saturated carbocycles. The molecule has 0 amide bonds. The van der Waals surface area contributed by atoms with Gasteiger partial charge in [-0.2, -0.15) is 202 Å².